The Labute approximate surface area is 112 Å². The first-order valence-electron chi connectivity index (χ1n) is 6.29. The van der Waals surface area contributed by atoms with E-state index in [4.69, 9.17) is 5.73 Å². The Hall–Kier alpha value is -1.74. The number of hydrogen-bond donors (Lipinski definition) is 1. The van der Waals surface area contributed by atoms with Crippen molar-refractivity contribution < 1.29 is 8.78 Å². The van der Waals surface area contributed by atoms with E-state index in [1.807, 2.05) is 37.3 Å². The first-order valence-corrected chi connectivity index (χ1v) is 6.29. The second kappa shape index (κ2) is 5.49. The molecule has 100 valence electrons. The zero-order valence-electron chi connectivity index (χ0n) is 10.9. The first kappa shape index (κ1) is 13.7. The number of hydrogen-bond acceptors (Lipinski definition) is 1. The second-order valence-corrected chi connectivity index (χ2v) is 4.64. The molecule has 0 heterocycles. The summed E-state index contributed by atoms with van der Waals surface area (Å²) in [5, 5.41) is 0. The summed E-state index contributed by atoms with van der Waals surface area (Å²) in [7, 11) is 0. The van der Waals surface area contributed by atoms with Crippen LogP contribution in [0.25, 0.3) is 11.1 Å². The Morgan fingerprint density at radius 2 is 1.79 bits per heavy atom. The van der Waals surface area contributed by atoms with Gasteiger partial charge in [-0.15, -0.1) is 0 Å². The maximum atomic E-state index is 13.9. The van der Waals surface area contributed by atoms with Gasteiger partial charge in [-0.2, -0.15) is 0 Å². The molecule has 2 aromatic rings. The lowest BCUT2D eigenvalue weighted by atomic mass is 9.96. The van der Waals surface area contributed by atoms with Crippen molar-refractivity contribution >= 4 is 0 Å². The van der Waals surface area contributed by atoms with Gasteiger partial charge in [-0.1, -0.05) is 42.5 Å². The van der Waals surface area contributed by atoms with Gasteiger partial charge in [0.1, 0.15) is 0 Å². The van der Waals surface area contributed by atoms with E-state index < -0.39 is 5.92 Å². The number of aryl methyl sites for hydroxylation is 1. The van der Waals surface area contributed by atoms with Crippen molar-refractivity contribution in [1.29, 1.82) is 0 Å². The van der Waals surface area contributed by atoms with Gasteiger partial charge < -0.3 is 5.73 Å². The van der Waals surface area contributed by atoms with Crippen LogP contribution in [0.15, 0.2) is 48.5 Å². The quantitative estimate of drug-likeness (QED) is 0.881. The summed E-state index contributed by atoms with van der Waals surface area (Å²) in [4.78, 5) is 0. The van der Waals surface area contributed by atoms with Crippen LogP contribution in [0, 0.1) is 6.92 Å². The molecule has 2 aromatic carbocycles. The molecule has 0 atom stereocenters. The van der Waals surface area contributed by atoms with Crippen LogP contribution in [0.3, 0.4) is 0 Å². The van der Waals surface area contributed by atoms with Crippen LogP contribution >= 0.6 is 0 Å². The molecule has 0 unspecified atom stereocenters. The molecule has 0 spiro atoms. The zero-order valence-corrected chi connectivity index (χ0v) is 10.9. The number of nitrogens with two attached hydrogens (primary N) is 1. The molecule has 0 aromatic heterocycles. The van der Waals surface area contributed by atoms with Crippen molar-refractivity contribution in [3.63, 3.8) is 0 Å². The van der Waals surface area contributed by atoms with Crippen LogP contribution < -0.4 is 5.73 Å². The van der Waals surface area contributed by atoms with Crippen molar-refractivity contribution in [3.8, 4) is 11.1 Å². The molecule has 0 fully saturated rings. The highest BCUT2D eigenvalue weighted by atomic mass is 19.3. The maximum absolute atomic E-state index is 13.9. The van der Waals surface area contributed by atoms with Gasteiger partial charge in [0, 0.05) is 12.0 Å². The summed E-state index contributed by atoms with van der Waals surface area (Å²) in [5.74, 6) is -2.87. The van der Waals surface area contributed by atoms with Gasteiger partial charge in [-0.3, -0.25) is 0 Å². The van der Waals surface area contributed by atoms with Gasteiger partial charge in [-0.05, 0) is 36.2 Å². The first-order chi connectivity index (χ1) is 9.04. The fraction of sp³-hybridized carbons (Fsp3) is 0.250. The molecule has 2 rings (SSSR count). The molecule has 19 heavy (non-hydrogen) atoms. The highest BCUT2D eigenvalue weighted by molar-refractivity contribution is 5.67. The molecule has 0 saturated heterocycles. The predicted molar refractivity (Wildman–Crippen MR) is 74.2 cm³/mol. The molecule has 0 aliphatic heterocycles. The average molecular weight is 261 g/mol. The van der Waals surface area contributed by atoms with E-state index in [2.05, 4.69) is 0 Å². The Balaban J connectivity index is 2.43. The number of benzene rings is 2. The standard InChI is InChI=1S/C16H17F2N/c1-12-5-2-3-8-15(12)13-6-4-7-14(11-13)16(17,18)9-10-19/h2-8,11H,9-10,19H2,1H3. The molecule has 0 bridgehead atoms. The van der Waals surface area contributed by atoms with E-state index in [1.54, 1.807) is 12.1 Å². The van der Waals surface area contributed by atoms with E-state index in [9.17, 15) is 8.78 Å². The van der Waals surface area contributed by atoms with Crippen LogP contribution in [0.4, 0.5) is 8.78 Å². The number of alkyl halides is 2. The topological polar surface area (TPSA) is 26.0 Å². The Kier molecular flexibility index (Phi) is 3.96. The van der Waals surface area contributed by atoms with E-state index in [0.29, 0.717) is 0 Å². The highest BCUT2D eigenvalue weighted by Crippen LogP contribution is 2.34. The fourth-order valence-electron chi connectivity index (χ4n) is 2.14. The summed E-state index contributed by atoms with van der Waals surface area (Å²) in [6, 6.07) is 14.3. The van der Waals surface area contributed by atoms with E-state index in [1.165, 1.54) is 6.07 Å². The van der Waals surface area contributed by atoms with E-state index in [-0.39, 0.29) is 18.5 Å². The van der Waals surface area contributed by atoms with Gasteiger partial charge in [0.05, 0.1) is 0 Å². The van der Waals surface area contributed by atoms with Crippen LogP contribution in [0.1, 0.15) is 17.5 Å². The van der Waals surface area contributed by atoms with Crippen LogP contribution in [0.2, 0.25) is 0 Å². The number of halogens is 2. The molecule has 1 nitrogen and oxygen atoms in total. The molecule has 0 amide bonds. The third kappa shape index (κ3) is 2.99. The summed E-state index contributed by atoms with van der Waals surface area (Å²) < 4.78 is 27.7. The molecule has 0 aliphatic carbocycles. The minimum atomic E-state index is -2.87. The third-order valence-electron chi connectivity index (χ3n) is 3.20. The van der Waals surface area contributed by atoms with Gasteiger partial charge in [-0.25, -0.2) is 8.78 Å². The summed E-state index contributed by atoms with van der Waals surface area (Å²) in [6.45, 7) is 1.95. The summed E-state index contributed by atoms with van der Waals surface area (Å²) >= 11 is 0. The SMILES string of the molecule is Cc1ccccc1-c1cccc(C(F)(F)CCN)c1. The van der Waals surface area contributed by atoms with Gasteiger partial charge in [0.25, 0.3) is 5.92 Å². The molecule has 0 aliphatic rings. The van der Waals surface area contributed by atoms with Crippen molar-refractivity contribution in [2.24, 2.45) is 5.73 Å². The van der Waals surface area contributed by atoms with E-state index in [0.717, 1.165) is 16.7 Å². The summed E-state index contributed by atoms with van der Waals surface area (Å²) in [6.07, 6.45) is -0.329. The lowest BCUT2D eigenvalue weighted by Crippen LogP contribution is -2.18. The predicted octanol–water partition coefficient (Wildman–Crippen LogP) is 4.10. The Morgan fingerprint density at radius 1 is 1.05 bits per heavy atom. The van der Waals surface area contributed by atoms with Crippen molar-refractivity contribution in [1.82, 2.24) is 0 Å². The zero-order chi connectivity index (χ0) is 13.9. The van der Waals surface area contributed by atoms with Gasteiger partial charge in [0.2, 0.25) is 0 Å². The molecule has 2 N–H and O–H groups in total. The lowest BCUT2D eigenvalue weighted by Gasteiger charge is -2.17. The highest BCUT2D eigenvalue weighted by Gasteiger charge is 2.30. The lowest BCUT2D eigenvalue weighted by molar-refractivity contribution is -0.0106. The minimum Gasteiger partial charge on any atom is -0.330 e. The van der Waals surface area contributed by atoms with Crippen LogP contribution in [-0.2, 0) is 5.92 Å². The molecule has 0 radical (unpaired) electrons. The molecule has 3 heteroatoms. The Morgan fingerprint density at radius 3 is 2.47 bits per heavy atom. The Bertz CT molecular complexity index is 564. The molecular formula is C16H17F2N. The molecular weight excluding hydrogens is 244 g/mol. The monoisotopic (exact) mass is 261 g/mol. The van der Waals surface area contributed by atoms with Crippen LogP contribution in [0.5, 0.6) is 0 Å². The van der Waals surface area contributed by atoms with Crippen molar-refractivity contribution in [2.45, 2.75) is 19.3 Å². The minimum absolute atomic E-state index is 0.0262. The largest absolute Gasteiger partial charge is 0.330 e. The van der Waals surface area contributed by atoms with Crippen LogP contribution in [-0.4, -0.2) is 6.54 Å². The number of rotatable bonds is 4. The average Bonchev–Trinajstić information content (AvgIpc) is 2.39. The van der Waals surface area contributed by atoms with Gasteiger partial charge >= 0.3 is 0 Å². The third-order valence-corrected chi connectivity index (χ3v) is 3.20. The van der Waals surface area contributed by atoms with Crippen molar-refractivity contribution in [2.75, 3.05) is 6.54 Å². The van der Waals surface area contributed by atoms with Gasteiger partial charge in [0.15, 0.2) is 0 Å². The second-order valence-electron chi connectivity index (χ2n) is 4.64. The van der Waals surface area contributed by atoms with Crippen molar-refractivity contribution in [3.05, 3.63) is 59.7 Å². The summed E-state index contributed by atoms with van der Waals surface area (Å²) in [5.41, 5.74) is 8.13. The normalized spacial score (nSPS) is 11.6. The molecule has 0 saturated carbocycles. The fourth-order valence-corrected chi connectivity index (χ4v) is 2.14. The maximum Gasteiger partial charge on any atom is 0.274 e. The smallest absolute Gasteiger partial charge is 0.274 e. The van der Waals surface area contributed by atoms with E-state index >= 15 is 0 Å².